The molecule has 0 saturated heterocycles. The number of benzene rings is 2. The van der Waals surface area contributed by atoms with E-state index < -0.39 is 0 Å². The Morgan fingerprint density at radius 2 is 2.00 bits per heavy atom. The fourth-order valence-electron chi connectivity index (χ4n) is 2.10. The molecule has 0 aromatic heterocycles. The summed E-state index contributed by atoms with van der Waals surface area (Å²) in [7, 11) is 3.42. The number of hydrogen-bond acceptors (Lipinski definition) is 2. The molecule has 1 unspecified atom stereocenters. The quantitative estimate of drug-likeness (QED) is 0.865. The summed E-state index contributed by atoms with van der Waals surface area (Å²) in [6.45, 7) is 0. The second-order valence-corrected chi connectivity index (χ2v) is 5.54. The van der Waals surface area contributed by atoms with Gasteiger partial charge >= 0.3 is 0 Å². The van der Waals surface area contributed by atoms with E-state index in [2.05, 4.69) is 21.2 Å². The van der Waals surface area contributed by atoms with Crippen LogP contribution in [-0.2, 0) is 0 Å². The molecule has 1 N–H and O–H groups in total. The summed E-state index contributed by atoms with van der Waals surface area (Å²) in [4.78, 5) is 0. The summed E-state index contributed by atoms with van der Waals surface area (Å²) in [5.74, 6) is 0.353. The van der Waals surface area contributed by atoms with Gasteiger partial charge in [-0.15, -0.1) is 0 Å². The fraction of sp³-hybridized carbons (Fsp3) is 0.200. The van der Waals surface area contributed by atoms with E-state index in [0.29, 0.717) is 15.2 Å². The van der Waals surface area contributed by atoms with Gasteiger partial charge in [-0.2, -0.15) is 0 Å². The van der Waals surface area contributed by atoms with Crippen LogP contribution in [0.3, 0.4) is 0 Å². The van der Waals surface area contributed by atoms with Gasteiger partial charge in [0, 0.05) is 4.47 Å². The lowest BCUT2D eigenvalue weighted by molar-refractivity contribution is 0.414. The van der Waals surface area contributed by atoms with Gasteiger partial charge in [-0.1, -0.05) is 39.7 Å². The predicted octanol–water partition coefficient (Wildman–Crippen LogP) is 4.56. The summed E-state index contributed by atoms with van der Waals surface area (Å²) >= 11 is 9.55. The minimum Gasteiger partial charge on any atom is -0.495 e. The van der Waals surface area contributed by atoms with E-state index in [9.17, 15) is 4.39 Å². The highest BCUT2D eigenvalue weighted by molar-refractivity contribution is 9.10. The molecule has 2 rings (SSSR count). The van der Waals surface area contributed by atoms with Gasteiger partial charge in [0.05, 0.1) is 18.2 Å². The molecule has 2 nitrogen and oxygen atoms in total. The molecule has 0 aliphatic rings. The van der Waals surface area contributed by atoms with Crippen molar-refractivity contribution in [2.24, 2.45) is 0 Å². The zero-order valence-electron chi connectivity index (χ0n) is 11.1. The van der Waals surface area contributed by atoms with Crippen molar-refractivity contribution in [2.75, 3.05) is 14.2 Å². The Labute approximate surface area is 131 Å². The number of methoxy groups -OCH3 is 1. The van der Waals surface area contributed by atoms with Crippen molar-refractivity contribution in [3.8, 4) is 5.75 Å². The Balaban J connectivity index is 2.44. The third kappa shape index (κ3) is 3.14. The van der Waals surface area contributed by atoms with Crippen LogP contribution >= 0.6 is 27.5 Å². The molecule has 0 bridgehead atoms. The molecule has 1 atom stereocenters. The maximum Gasteiger partial charge on any atom is 0.137 e. The monoisotopic (exact) mass is 357 g/mol. The minimum atomic E-state index is -0.275. The molecule has 20 heavy (non-hydrogen) atoms. The highest BCUT2D eigenvalue weighted by Crippen LogP contribution is 2.33. The van der Waals surface area contributed by atoms with Gasteiger partial charge in [0.25, 0.3) is 0 Å². The Morgan fingerprint density at radius 3 is 2.55 bits per heavy atom. The average Bonchev–Trinajstić information content (AvgIpc) is 2.42. The zero-order chi connectivity index (χ0) is 14.7. The first-order valence-corrected chi connectivity index (χ1v) is 7.19. The fourth-order valence-corrected chi connectivity index (χ4v) is 2.95. The summed E-state index contributed by atoms with van der Waals surface area (Å²) in [5, 5.41) is 3.75. The first-order chi connectivity index (χ1) is 9.56. The van der Waals surface area contributed by atoms with Crippen LogP contribution in [0.1, 0.15) is 17.2 Å². The van der Waals surface area contributed by atoms with Crippen LogP contribution in [0.2, 0.25) is 5.02 Å². The molecule has 0 radical (unpaired) electrons. The third-order valence-corrected chi connectivity index (χ3v) is 4.05. The van der Waals surface area contributed by atoms with Crippen LogP contribution in [0, 0.1) is 5.82 Å². The summed E-state index contributed by atoms with van der Waals surface area (Å²) < 4.78 is 19.1. The molecule has 0 heterocycles. The van der Waals surface area contributed by atoms with Crippen LogP contribution in [0.4, 0.5) is 4.39 Å². The lowest BCUT2D eigenvalue weighted by Gasteiger charge is -2.19. The van der Waals surface area contributed by atoms with Gasteiger partial charge in [-0.3, -0.25) is 0 Å². The highest BCUT2D eigenvalue weighted by atomic mass is 79.9. The van der Waals surface area contributed by atoms with E-state index in [-0.39, 0.29) is 11.9 Å². The van der Waals surface area contributed by atoms with Crippen LogP contribution in [0.5, 0.6) is 5.75 Å². The smallest absolute Gasteiger partial charge is 0.137 e. The molecule has 0 spiro atoms. The van der Waals surface area contributed by atoms with Crippen molar-refractivity contribution in [2.45, 2.75) is 6.04 Å². The molecule has 0 aliphatic heterocycles. The summed E-state index contributed by atoms with van der Waals surface area (Å²) in [6, 6.07) is 10.1. The Kier molecular flexibility index (Phi) is 5.02. The molecule has 106 valence electrons. The molecule has 2 aromatic rings. The number of nitrogens with one attached hydrogen (secondary N) is 1. The van der Waals surface area contributed by atoms with Gasteiger partial charge in [0.1, 0.15) is 11.6 Å². The van der Waals surface area contributed by atoms with Gasteiger partial charge in [-0.25, -0.2) is 4.39 Å². The molecule has 0 aliphatic carbocycles. The van der Waals surface area contributed by atoms with E-state index in [1.807, 2.05) is 25.2 Å². The lowest BCUT2D eigenvalue weighted by atomic mass is 9.98. The topological polar surface area (TPSA) is 21.3 Å². The highest BCUT2D eigenvalue weighted by Gasteiger charge is 2.16. The van der Waals surface area contributed by atoms with Crippen molar-refractivity contribution in [1.29, 1.82) is 0 Å². The largest absolute Gasteiger partial charge is 0.495 e. The minimum absolute atomic E-state index is 0.0895. The molecule has 0 saturated carbocycles. The Hall–Kier alpha value is -1.10. The number of ether oxygens (including phenoxy) is 1. The number of halogens is 3. The van der Waals surface area contributed by atoms with Crippen LogP contribution in [-0.4, -0.2) is 14.2 Å². The van der Waals surface area contributed by atoms with E-state index >= 15 is 0 Å². The normalized spacial score (nSPS) is 12.2. The van der Waals surface area contributed by atoms with Gasteiger partial charge < -0.3 is 10.1 Å². The summed E-state index contributed by atoms with van der Waals surface area (Å²) in [5.41, 5.74) is 1.92. The van der Waals surface area contributed by atoms with Crippen LogP contribution < -0.4 is 10.1 Å². The molecule has 5 heteroatoms. The first-order valence-electron chi connectivity index (χ1n) is 6.02. The van der Waals surface area contributed by atoms with Crippen molar-refractivity contribution in [3.63, 3.8) is 0 Å². The third-order valence-electron chi connectivity index (χ3n) is 3.07. The SMILES string of the molecule is CNC(c1ccc(OC)c(Cl)c1)c1ccc(F)cc1Br. The standard InChI is InChI=1S/C15H14BrClFNO/c1-19-15(11-5-4-10(18)8-12(11)16)9-3-6-14(20-2)13(17)7-9/h3-8,15,19H,1-2H3. The van der Waals surface area contributed by atoms with Crippen LogP contribution in [0.15, 0.2) is 40.9 Å². The van der Waals surface area contributed by atoms with Gasteiger partial charge in [-0.05, 0) is 42.4 Å². The molecule has 2 aromatic carbocycles. The van der Waals surface area contributed by atoms with Crippen molar-refractivity contribution >= 4 is 27.5 Å². The second-order valence-electron chi connectivity index (χ2n) is 4.28. The molecule has 0 amide bonds. The van der Waals surface area contributed by atoms with Crippen molar-refractivity contribution in [3.05, 3.63) is 62.8 Å². The van der Waals surface area contributed by atoms with E-state index in [1.165, 1.54) is 12.1 Å². The molecular formula is C15H14BrClFNO. The van der Waals surface area contributed by atoms with Crippen molar-refractivity contribution in [1.82, 2.24) is 5.32 Å². The van der Waals surface area contributed by atoms with E-state index in [4.69, 9.17) is 16.3 Å². The zero-order valence-corrected chi connectivity index (χ0v) is 13.4. The Morgan fingerprint density at radius 1 is 1.25 bits per heavy atom. The average molecular weight is 359 g/mol. The molecule has 0 fully saturated rings. The number of hydrogen-bond donors (Lipinski definition) is 1. The number of rotatable bonds is 4. The lowest BCUT2D eigenvalue weighted by Crippen LogP contribution is -2.18. The first kappa shape index (κ1) is 15.3. The maximum absolute atomic E-state index is 13.2. The Bertz CT molecular complexity index is 621. The summed E-state index contributed by atoms with van der Waals surface area (Å²) in [6.07, 6.45) is 0. The van der Waals surface area contributed by atoms with E-state index in [1.54, 1.807) is 13.2 Å². The second kappa shape index (κ2) is 6.57. The van der Waals surface area contributed by atoms with Crippen LogP contribution in [0.25, 0.3) is 0 Å². The van der Waals surface area contributed by atoms with Gasteiger partial charge in [0.2, 0.25) is 0 Å². The van der Waals surface area contributed by atoms with Gasteiger partial charge in [0.15, 0.2) is 0 Å². The predicted molar refractivity (Wildman–Crippen MR) is 83.0 cm³/mol. The van der Waals surface area contributed by atoms with E-state index in [0.717, 1.165) is 11.1 Å². The maximum atomic E-state index is 13.2. The molecular weight excluding hydrogens is 345 g/mol. The van der Waals surface area contributed by atoms with Crippen molar-refractivity contribution < 1.29 is 9.13 Å².